The van der Waals surface area contributed by atoms with Crippen molar-refractivity contribution >= 4 is 10.0 Å². The van der Waals surface area contributed by atoms with E-state index in [0.717, 1.165) is 35.7 Å². The summed E-state index contributed by atoms with van der Waals surface area (Å²) in [7, 11) is -2.61. The molecule has 1 saturated carbocycles. The Morgan fingerprint density at radius 3 is 2.50 bits per heavy atom. The van der Waals surface area contributed by atoms with E-state index in [-0.39, 0.29) is 12.1 Å². The van der Waals surface area contributed by atoms with Crippen LogP contribution in [0.4, 0.5) is 8.78 Å². The first-order chi connectivity index (χ1) is 9.34. The second kappa shape index (κ2) is 5.75. The van der Waals surface area contributed by atoms with Gasteiger partial charge in [-0.2, -0.15) is 4.31 Å². The van der Waals surface area contributed by atoms with Gasteiger partial charge in [0, 0.05) is 25.2 Å². The number of hydrogen-bond acceptors (Lipinski definition) is 3. The Morgan fingerprint density at radius 1 is 1.25 bits per heavy atom. The highest BCUT2D eigenvalue weighted by Gasteiger charge is 2.34. The Kier molecular flexibility index (Phi) is 4.41. The number of hydrogen-bond donors (Lipinski definition) is 1. The van der Waals surface area contributed by atoms with E-state index in [1.807, 2.05) is 0 Å². The molecule has 0 radical (unpaired) electrons. The number of sulfonamides is 1. The number of nitrogens with two attached hydrogens (primary N) is 1. The Bertz CT molecular complexity index is 592. The third-order valence-electron chi connectivity index (χ3n) is 3.80. The average molecular weight is 304 g/mol. The number of rotatable bonds is 3. The monoisotopic (exact) mass is 304 g/mol. The summed E-state index contributed by atoms with van der Waals surface area (Å²) < 4.78 is 52.5. The zero-order valence-electron chi connectivity index (χ0n) is 11.2. The fourth-order valence-corrected chi connectivity index (χ4v) is 4.08. The topological polar surface area (TPSA) is 63.4 Å². The van der Waals surface area contributed by atoms with Gasteiger partial charge in [-0.05, 0) is 25.0 Å². The van der Waals surface area contributed by atoms with E-state index < -0.39 is 26.6 Å². The molecule has 20 heavy (non-hydrogen) atoms. The Morgan fingerprint density at radius 2 is 1.90 bits per heavy atom. The molecule has 1 aliphatic rings. The maximum atomic E-state index is 13.7. The van der Waals surface area contributed by atoms with Gasteiger partial charge in [0.2, 0.25) is 10.0 Å². The lowest BCUT2D eigenvalue weighted by atomic mass is 9.91. The zero-order valence-corrected chi connectivity index (χ0v) is 12.0. The molecular weight excluding hydrogens is 286 g/mol. The number of halogens is 2. The zero-order chi connectivity index (χ0) is 14.9. The normalized spacial score (nSPS) is 24.1. The highest BCUT2D eigenvalue weighted by molar-refractivity contribution is 7.89. The molecule has 2 N–H and O–H groups in total. The minimum atomic E-state index is -4.01. The quantitative estimate of drug-likeness (QED) is 0.927. The molecule has 2 rings (SSSR count). The molecule has 0 aromatic heterocycles. The van der Waals surface area contributed by atoms with Crippen molar-refractivity contribution < 1.29 is 17.2 Å². The van der Waals surface area contributed by atoms with E-state index in [1.54, 1.807) is 0 Å². The number of benzene rings is 1. The maximum absolute atomic E-state index is 13.7. The molecule has 0 saturated heterocycles. The summed E-state index contributed by atoms with van der Waals surface area (Å²) in [6.07, 6.45) is 3.26. The SMILES string of the molecule is CN(C1CCCCC1N)S(=O)(=O)c1ccc(F)cc1F. The average Bonchev–Trinajstić information content (AvgIpc) is 2.38. The van der Waals surface area contributed by atoms with Crippen LogP contribution in [0.5, 0.6) is 0 Å². The predicted octanol–water partition coefficient (Wildman–Crippen LogP) is 1.86. The van der Waals surface area contributed by atoms with Gasteiger partial charge in [-0.3, -0.25) is 0 Å². The van der Waals surface area contributed by atoms with E-state index in [9.17, 15) is 17.2 Å². The lowest BCUT2D eigenvalue weighted by Gasteiger charge is -2.35. The summed E-state index contributed by atoms with van der Waals surface area (Å²) in [4.78, 5) is -0.515. The van der Waals surface area contributed by atoms with Crippen LogP contribution in [0.3, 0.4) is 0 Å². The van der Waals surface area contributed by atoms with E-state index >= 15 is 0 Å². The largest absolute Gasteiger partial charge is 0.326 e. The van der Waals surface area contributed by atoms with Crippen LogP contribution >= 0.6 is 0 Å². The summed E-state index contributed by atoms with van der Waals surface area (Å²) in [5.41, 5.74) is 5.96. The van der Waals surface area contributed by atoms with E-state index in [1.165, 1.54) is 7.05 Å². The third kappa shape index (κ3) is 2.84. The van der Waals surface area contributed by atoms with Crippen molar-refractivity contribution in [2.24, 2.45) is 5.73 Å². The lowest BCUT2D eigenvalue weighted by molar-refractivity contribution is 0.251. The van der Waals surface area contributed by atoms with Gasteiger partial charge in [0.15, 0.2) is 0 Å². The van der Waals surface area contributed by atoms with Gasteiger partial charge in [-0.25, -0.2) is 17.2 Å². The first-order valence-corrected chi connectivity index (χ1v) is 7.96. The molecule has 4 nitrogen and oxygen atoms in total. The van der Waals surface area contributed by atoms with Crippen molar-refractivity contribution in [3.63, 3.8) is 0 Å². The summed E-state index contributed by atoms with van der Waals surface area (Å²) in [5, 5.41) is 0. The smallest absolute Gasteiger partial charge is 0.246 e. The molecule has 2 atom stereocenters. The summed E-state index contributed by atoms with van der Waals surface area (Å²) in [6.45, 7) is 0. The van der Waals surface area contributed by atoms with Crippen molar-refractivity contribution in [3.05, 3.63) is 29.8 Å². The highest BCUT2D eigenvalue weighted by Crippen LogP contribution is 2.27. The minimum absolute atomic E-state index is 0.257. The van der Waals surface area contributed by atoms with Crippen molar-refractivity contribution in [2.45, 2.75) is 42.7 Å². The van der Waals surface area contributed by atoms with E-state index in [2.05, 4.69) is 0 Å². The molecule has 112 valence electrons. The van der Waals surface area contributed by atoms with Crippen molar-refractivity contribution in [1.29, 1.82) is 0 Å². The molecule has 0 heterocycles. The van der Waals surface area contributed by atoms with Gasteiger partial charge in [-0.15, -0.1) is 0 Å². The molecule has 1 aromatic rings. The molecule has 0 bridgehead atoms. The minimum Gasteiger partial charge on any atom is -0.326 e. The van der Waals surface area contributed by atoms with Crippen molar-refractivity contribution in [1.82, 2.24) is 4.31 Å². The fraction of sp³-hybridized carbons (Fsp3) is 0.538. The second-order valence-corrected chi connectivity index (χ2v) is 7.08. The summed E-state index contributed by atoms with van der Waals surface area (Å²) in [5.74, 6) is -1.89. The van der Waals surface area contributed by atoms with Crippen LogP contribution in [0.2, 0.25) is 0 Å². The van der Waals surface area contributed by atoms with Gasteiger partial charge in [-0.1, -0.05) is 12.8 Å². The third-order valence-corrected chi connectivity index (χ3v) is 5.72. The fourth-order valence-electron chi connectivity index (χ4n) is 2.61. The predicted molar refractivity (Wildman–Crippen MR) is 71.5 cm³/mol. The Labute approximate surface area is 117 Å². The molecule has 1 fully saturated rings. The van der Waals surface area contributed by atoms with E-state index in [4.69, 9.17) is 5.73 Å². The van der Waals surface area contributed by atoms with Crippen LogP contribution in [0.15, 0.2) is 23.1 Å². The van der Waals surface area contributed by atoms with Crippen LogP contribution in [0, 0.1) is 11.6 Å². The molecule has 0 aliphatic heterocycles. The van der Waals surface area contributed by atoms with Crippen molar-refractivity contribution in [2.75, 3.05) is 7.05 Å². The Hall–Kier alpha value is -1.05. The molecule has 1 aromatic carbocycles. The van der Waals surface area contributed by atoms with Gasteiger partial charge in [0.25, 0.3) is 0 Å². The molecule has 7 heteroatoms. The van der Waals surface area contributed by atoms with Gasteiger partial charge in [0.1, 0.15) is 16.5 Å². The highest BCUT2D eigenvalue weighted by atomic mass is 32.2. The summed E-state index contributed by atoms with van der Waals surface area (Å²) >= 11 is 0. The molecular formula is C13H18F2N2O2S. The van der Waals surface area contributed by atoms with E-state index in [0.29, 0.717) is 12.5 Å². The maximum Gasteiger partial charge on any atom is 0.246 e. The molecule has 0 amide bonds. The number of nitrogens with zero attached hydrogens (tertiary/aromatic N) is 1. The van der Waals surface area contributed by atoms with Gasteiger partial charge < -0.3 is 5.73 Å². The van der Waals surface area contributed by atoms with Crippen LogP contribution in [-0.4, -0.2) is 31.9 Å². The van der Waals surface area contributed by atoms with Gasteiger partial charge >= 0.3 is 0 Å². The number of likely N-dealkylation sites (N-methyl/N-ethyl adjacent to an activating group) is 1. The van der Waals surface area contributed by atoms with Crippen LogP contribution in [0.1, 0.15) is 25.7 Å². The molecule has 2 unspecified atom stereocenters. The first kappa shape index (κ1) is 15.3. The Balaban J connectivity index is 2.33. The first-order valence-electron chi connectivity index (χ1n) is 6.52. The van der Waals surface area contributed by atoms with Crippen LogP contribution < -0.4 is 5.73 Å². The molecule has 0 spiro atoms. The second-order valence-electron chi connectivity index (χ2n) is 5.11. The van der Waals surface area contributed by atoms with Crippen molar-refractivity contribution in [3.8, 4) is 0 Å². The van der Waals surface area contributed by atoms with Gasteiger partial charge in [0.05, 0.1) is 0 Å². The van der Waals surface area contributed by atoms with Crippen LogP contribution in [0.25, 0.3) is 0 Å². The molecule has 1 aliphatic carbocycles. The summed E-state index contributed by atoms with van der Waals surface area (Å²) in [6, 6.07) is 1.85. The standard InChI is InChI=1S/C13H18F2N2O2S/c1-17(12-5-3-2-4-11(12)16)20(18,19)13-7-6-9(14)8-10(13)15/h6-8,11-12H,2-5,16H2,1H3. The van der Waals surface area contributed by atoms with Crippen LogP contribution in [-0.2, 0) is 10.0 Å². The lowest BCUT2D eigenvalue weighted by Crippen LogP contribution is -2.50.